The lowest BCUT2D eigenvalue weighted by Gasteiger charge is -2.57. The molecule has 4 saturated heterocycles. The third kappa shape index (κ3) is 1.46. The lowest BCUT2D eigenvalue weighted by Crippen LogP contribution is -2.69. The zero-order chi connectivity index (χ0) is 14.1. The maximum Gasteiger partial charge on any atom is 0.311 e. The first-order chi connectivity index (χ1) is 9.46. The highest BCUT2D eigenvalue weighted by atomic mass is 17.3. The summed E-state index contributed by atoms with van der Waals surface area (Å²) in [5.74, 6) is -0.137. The van der Waals surface area contributed by atoms with E-state index in [1.165, 1.54) is 0 Å². The molecular weight excluding hydrogens is 260 g/mol. The first kappa shape index (κ1) is 13.0. The molecule has 1 saturated carbocycles. The summed E-state index contributed by atoms with van der Waals surface area (Å²) in [4.78, 5) is 23.7. The van der Waals surface area contributed by atoms with Crippen LogP contribution in [0.3, 0.4) is 0 Å². The van der Waals surface area contributed by atoms with Crippen LogP contribution in [0.25, 0.3) is 0 Å². The molecule has 5 heteroatoms. The number of carbonyl (C=O) groups excluding carboxylic acids is 1. The lowest BCUT2D eigenvalue weighted by atomic mass is 9.58. The maximum atomic E-state index is 12.1. The molecule has 5 fully saturated rings. The summed E-state index contributed by atoms with van der Waals surface area (Å²) in [6.07, 6.45) is 3.24. The summed E-state index contributed by atoms with van der Waals surface area (Å²) >= 11 is 0. The molecule has 7 atom stereocenters. The third-order valence-electron chi connectivity index (χ3n) is 5.97. The van der Waals surface area contributed by atoms with Gasteiger partial charge in [0.25, 0.3) is 0 Å². The van der Waals surface area contributed by atoms with Gasteiger partial charge in [0.05, 0.1) is 5.92 Å². The molecule has 4 aliphatic heterocycles. The zero-order valence-electron chi connectivity index (χ0n) is 12.3. The van der Waals surface area contributed by atoms with Crippen molar-refractivity contribution in [1.82, 2.24) is 0 Å². The highest BCUT2D eigenvalue weighted by Crippen LogP contribution is 2.59. The summed E-state index contributed by atoms with van der Waals surface area (Å²) in [6, 6.07) is 0. The van der Waals surface area contributed by atoms with Crippen molar-refractivity contribution >= 4 is 5.97 Å². The Labute approximate surface area is 118 Å². The minimum absolute atomic E-state index is 0.123. The van der Waals surface area contributed by atoms with Gasteiger partial charge in [-0.05, 0) is 32.1 Å². The molecule has 5 nitrogen and oxygen atoms in total. The second-order valence-corrected chi connectivity index (χ2v) is 7.14. The molecule has 0 aromatic rings. The average molecular weight is 282 g/mol. The normalized spacial score (nSPS) is 57.8. The summed E-state index contributed by atoms with van der Waals surface area (Å²) in [7, 11) is 0. The molecule has 0 N–H and O–H groups in total. The van der Waals surface area contributed by atoms with E-state index in [1.54, 1.807) is 0 Å². The molecule has 112 valence electrons. The van der Waals surface area contributed by atoms with Crippen molar-refractivity contribution in [2.45, 2.75) is 64.1 Å². The van der Waals surface area contributed by atoms with Gasteiger partial charge in [-0.1, -0.05) is 13.8 Å². The fraction of sp³-hybridized carbons (Fsp3) is 0.933. The Bertz CT molecular complexity index is 452. The molecule has 1 aliphatic carbocycles. The van der Waals surface area contributed by atoms with Gasteiger partial charge in [-0.15, -0.1) is 0 Å². The van der Waals surface area contributed by atoms with Crippen molar-refractivity contribution in [3.8, 4) is 0 Å². The smallest absolute Gasteiger partial charge is 0.311 e. The first-order valence-corrected chi connectivity index (χ1v) is 7.71. The number of fused-ring (bicyclic) bond motifs is 2. The Balaban J connectivity index is 1.84. The van der Waals surface area contributed by atoms with E-state index in [1.807, 2.05) is 13.8 Å². The molecule has 0 unspecified atom stereocenters. The van der Waals surface area contributed by atoms with Crippen LogP contribution in [-0.4, -0.2) is 23.6 Å². The van der Waals surface area contributed by atoms with E-state index in [0.29, 0.717) is 11.8 Å². The average Bonchev–Trinajstić information content (AvgIpc) is 2.63. The first-order valence-electron chi connectivity index (χ1n) is 7.71. The number of carbonyl (C=O) groups is 1. The molecule has 4 heterocycles. The molecule has 5 aliphatic rings. The lowest BCUT2D eigenvalue weighted by molar-refractivity contribution is -0.559. The predicted molar refractivity (Wildman–Crippen MR) is 68.0 cm³/mol. The van der Waals surface area contributed by atoms with Crippen LogP contribution in [0.1, 0.15) is 46.5 Å². The Hall–Kier alpha value is -0.650. The Morgan fingerprint density at radius 2 is 1.90 bits per heavy atom. The minimum atomic E-state index is -0.793. The second-order valence-electron chi connectivity index (χ2n) is 7.14. The molecule has 5 rings (SSSR count). The van der Waals surface area contributed by atoms with Crippen LogP contribution in [0.5, 0.6) is 0 Å². The van der Waals surface area contributed by atoms with E-state index in [4.69, 9.17) is 19.2 Å². The molecule has 0 aromatic heterocycles. The van der Waals surface area contributed by atoms with E-state index >= 15 is 0 Å². The highest BCUT2D eigenvalue weighted by molar-refractivity contribution is 5.74. The van der Waals surface area contributed by atoms with Gasteiger partial charge in [0.1, 0.15) is 0 Å². The number of esters is 1. The molecule has 1 spiro atoms. The molecule has 0 amide bonds. The SMILES string of the molecule is C[C@@H]1CC[C@@H]2[C@H](C)C(=O)O[C@@H]3O[C@]4(C)CC[C@H]1[C@]32OO4. The van der Waals surface area contributed by atoms with Crippen molar-refractivity contribution in [2.75, 3.05) is 0 Å². The summed E-state index contributed by atoms with van der Waals surface area (Å²) in [5.41, 5.74) is -0.610. The van der Waals surface area contributed by atoms with Crippen molar-refractivity contribution < 1.29 is 24.0 Å². The molecule has 0 aromatic carbocycles. The van der Waals surface area contributed by atoms with Crippen molar-refractivity contribution in [3.05, 3.63) is 0 Å². The second kappa shape index (κ2) is 3.96. The van der Waals surface area contributed by atoms with Crippen LogP contribution < -0.4 is 0 Å². The van der Waals surface area contributed by atoms with E-state index < -0.39 is 17.7 Å². The standard InChI is InChI=1S/C15H22O5/c1-8-4-5-11-9(2)12(16)17-13-15(11)10(8)6-7-14(3,18-13)19-20-15/h8-11,13H,4-7H2,1-3H3/t8-,9+,10-,11-,13-,14+,15-/m1/s1. The number of ether oxygens (including phenoxy) is 2. The monoisotopic (exact) mass is 282 g/mol. The number of hydrogen-bond donors (Lipinski definition) is 0. The zero-order valence-corrected chi connectivity index (χ0v) is 12.3. The van der Waals surface area contributed by atoms with E-state index in [9.17, 15) is 4.79 Å². The fourth-order valence-electron chi connectivity index (χ4n) is 4.76. The largest absolute Gasteiger partial charge is 0.432 e. The molecule has 20 heavy (non-hydrogen) atoms. The van der Waals surface area contributed by atoms with Gasteiger partial charge >= 0.3 is 5.97 Å². The summed E-state index contributed by atoms with van der Waals surface area (Å²) in [5, 5.41) is 0. The predicted octanol–water partition coefficient (Wildman–Crippen LogP) is 2.39. The fourth-order valence-corrected chi connectivity index (χ4v) is 4.76. The van der Waals surface area contributed by atoms with Crippen LogP contribution in [-0.2, 0) is 24.0 Å². The van der Waals surface area contributed by atoms with Crippen LogP contribution in [0.15, 0.2) is 0 Å². The van der Waals surface area contributed by atoms with Crippen LogP contribution in [0, 0.1) is 23.7 Å². The van der Waals surface area contributed by atoms with Gasteiger partial charge in [0.2, 0.25) is 12.1 Å². The number of hydrogen-bond acceptors (Lipinski definition) is 5. The van der Waals surface area contributed by atoms with Crippen molar-refractivity contribution in [2.24, 2.45) is 23.7 Å². The van der Waals surface area contributed by atoms with Crippen LogP contribution in [0.4, 0.5) is 0 Å². The van der Waals surface area contributed by atoms with E-state index in [-0.39, 0.29) is 17.8 Å². The molecule has 2 bridgehead atoms. The Morgan fingerprint density at radius 1 is 1.10 bits per heavy atom. The molecule has 0 radical (unpaired) electrons. The van der Waals surface area contributed by atoms with Crippen molar-refractivity contribution in [3.63, 3.8) is 0 Å². The quantitative estimate of drug-likeness (QED) is 0.504. The van der Waals surface area contributed by atoms with Gasteiger partial charge < -0.3 is 9.47 Å². The molecular formula is C15H22O5. The van der Waals surface area contributed by atoms with Crippen LogP contribution >= 0.6 is 0 Å². The minimum Gasteiger partial charge on any atom is -0.432 e. The topological polar surface area (TPSA) is 54.0 Å². The Morgan fingerprint density at radius 3 is 2.70 bits per heavy atom. The van der Waals surface area contributed by atoms with E-state index in [0.717, 1.165) is 25.7 Å². The summed E-state index contributed by atoms with van der Waals surface area (Å²) < 4.78 is 11.6. The number of rotatable bonds is 0. The van der Waals surface area contributed by atoms with E-state index in [2.05, 4.69) is 6.92 Å². The van der Waals surface area contributed by atoms with Gasteiger partial charge in [0, 0.05) is 18.3 Å². The summed E-state index contributed by atoms with van der Waals surface area (Å²) in [6.45, 7) is 6.06. The van der Waals surface area contributed by atoms with Gasteiger partial charge in [-0.2, -0.15) is 0 Å². The van der Waals surface area contributed by atoms with Crippen molar-refractivity contribution in [1.29, 1.82) is 0 Å². The Kier molecular flexibility index (Phi) is 2.58. The van der Waals surface area contributed by atoms with Gasteiger partial charge in [-0.3, -0.25) is 4.79 Å². The van der Waals surface area contributed by atoms with Gasteiger partial charge in [-0.25, -0.2) is 9.78 Å². The van der Waals surface area contributed by atoms with Gasteiger partial charge in [0.15, 0.2) is 5.60 Å². The third-order valence-corrected chi connectivity index (χ3v) is 5.97. The highest BCUT2D eigenvalue weighted by Gasteiger charge is 2.69. The maximum absolute atomic E-state index is 12.1. The van der Waals surface area contributed by atoms with Crippen LogP contribution in [0.2, 0.25) is 0 Å².